The van der Waals surface area contributed by atoms with Crippen LogP contribution in [-0.4, -0.2) is 71.0 Å². The third-order valence-electron chi connectivity index (χ3n) is 6.80. The molecule has 11 nitrogen and oxygen atoms in total. The van der Waals surface area contributed by atoms with E-state index in [9.17, 15) is 35.9 Å². The van der Waals surface area contributed by atoms with Crippen LogP contribution < -0.4 is 16.3 Å². The molecule has 0 saturated carbocycles. The molecule has 1 fully saturated rings. The Balaban J connectivity index is 1.44. The lowest BCUT2D eigenvalue weighted by molar-refractivity contribution is -0.170. The number of nitrogens with zero attached hydrogens (tertiary/aromatic N) is 7. The van der Waals surface area contributed by atoms with Crippen molar-refractivity contribution in [2.75, 3.05) is 6.54 Å². The minimum Gasteiger partial charge on any atom is -0.342 e. The summed E-state index contributed by atoms with van der Waals surface area (Å²) < 4.78 is 84.5. The number of hydrogen-bond acceptors (Lipinski definition) is 7. The fourth-order valence-electron chi connectivity index (χ4n) is 4.54. The maximum absolute atomic E-state index is 14.2. The minimum atomic E-state index is -5.08. The lowest BCUT2D eigenvalue weighted by Crippen LogP contribution is -2.53. The van der Waals surface area contributed by atoms with E-state index in [1.807, 2.05) is 0 Å². The summed E-state index contributed by atoms with van der Waals surface area (Å²) >= 11 is 12.1. The smallest absolute Gasteiger partial charge is 0.342 e. The minimum absolute atomic E-state index is 0.0494. The van der Waals surface area contributed by atoms with Crippen LogP contribution >= 0.6 is 23.2 Å². The Morgan fingerprint density at radius 3 is 2.43 bits per heavy atom. The van der Waals surface area contributed by atoms with Gasteiger partial charge in [0.25, 0.3) is 0 Å². The largest absolute Gasteiger partial charge is 0.410 e. The van der Waals surface area contributed by atoms with Crippen LogP contribution in [0.25, 0.3) is 17.2 Å². The van der Waals surface area contributed by atoms with Crippen molar-refractivity contribution in [1.82, 2.24) is 44.7 Å². The molecule has 44 heavy (non-hydrogen) atoms. The molecular weight excluding hydrogens is 643 g/mol. The Kier molecular flexibility index (Phi) is 8.73. The maximum atomic E-state index is 14.2. The lowest BCUT2D eigenvalue weighted by Gasteiger charge is -2.24. The molecule has 0 aliphatic carbocycles. The van der Waals surface area contributed by atoms with E-state index in [4.69, 9.17) is 23.2 Å². The summed E-state index contributed by atoms with van der Waals surface area (Å²) in [7, 11) is 0. The summed E-state index contributed by atoms with van der Waals surface area (Å²) in [5.74, 6) is -3.07. The molecule has 5 rings (SSSR count). The number of pyridine rings is 1. The van der Waals surface area contributed by atoms with Gasteiger partial charge in [0.15, 0.2) is 17.5 Å². The molecule has 1 aromatic carbocycles. The summed E-state index contributed by atoms with van der Waals surface area (Å²) in [5.41, 5.74) is -0.775. The monoisotopic (exact) mass is 663 g/mol. The Hall–Kier alpha value is -3.96. The van der Waals surface area contributed by atoms with Gasteiger partial charge in [-0.25, -0.2) is 24.1 Å². The van der Waals surface area contributed by atoms with Crippen molar-refractivity contribution in [3.63, 3.8) is 0 Å². The van der Waals surface area contributed by atoms with E-state index in [1.54, 1.807) is 17.4 Å². The third kappa shape index (κ3) is 6.89. The number of carbonyl (C=O) groups is 1. The molecule has 4 heterocycles. The van der Waals surface area contributed by atoms with Crippen LogP contribution in [0.5, 0.6) is 0 Å². The van der Waals surface area contributed by atoms with E-state index < -0.39 is 61.5 Å². The average Bonchev–Trinajstić information content (AvgIpc) is 3.69. The number of benzene rings is 1. The second-order valence-electron chi connectivity index (χ2n) is 9.83. The van der Waals surface area contributed by atoms with Gasteiger partial charge in [-0.3, -0.25) is 9.36 Å². The first kappa shape index (κ1) is 31.5. The molecule has 1 aliphatic rings. The van der Waals surface area contributed by atoms with Crippen LogP contribution in [0.2, 0.25) is 10.0 Å². The number of amides is 1. The number of halogens is 8. The van der Waals surface area contributed by atoms with Crippen molar-refractivity contribution < 1.29 is 31.1 Å². The zero-order valence-corrected chi connectivity index (χ0v) is 23.7. The molecule has 2 N–H and O–H groups in total. The Morgan fingerprint density at radius 2 is 1.80 bits per heavy atom. The number of nitrogens with one attached hydrogen (secondary N) is 2. The lowest BCUT2D eigenvalue weighted by atomic mass is 10.0. The van der Waals surface area contributed by atoms with Crippen molar-refractivity contribution in [3.05, 3.63) is 75.3 Å². The molecule has 1 saturated heterocycles. The van der Waals surface area contributed by atoms with Crippen molar-refractivity contribution in [2.45, 2.75) is 43.9 Å². The first-order chi connectivity index (χ1) is 20.7. The highest BCUT2D eigenvalue weighted by Gasteiger charge is 2.48. The van der Waals surface area contributed by atoms with Crippen LogP contribution in [0.3, 0.4) is 0 Å². The second kappa shape index (κ2) is 12.2. The Labute approximate surface area is 253 Å². The van der Waals surface area contributed by atoms with Crippen LogP contribution in [-0.2, 0) is 17.9 Å². The molecule has 19 heteroatoms. The maximum Gasteiger partial charge on any atom is 0.410 e. The Bertz CT molecular complexity index is 1700. The molecule has 3 aromatic heterocycles. The molecule has 1 unspecified atom stereocenters. The van der Waals surface area contributed by atoms with Crippen molar-refractivity contribution in [2.24, 2.45) is 5.92 Å². The molecule has 234 valence electrons. The fourth-order valence-corrected chi connectivity index (χ4v) is 4.88. The predicted molar refractivity (Wildman–Crippen MR) is 144 cm³/mol. The van der Waals surface area contributed by atoms with E-state index in [1.165, 1.54) is 41.5 Å². The molecule has 1 amide bonds. The number of carbonyl (C=O) groups excluding carboxylic acids is 1. The highest BCUT2D eigenvalue weighted by molar-refractivity contribution is 6.32. The quantitative estimate of drug-likeness (QED) is 0.276. The van der Waals surface area contributed by atoms with Gasteiger partial charge in [-0.05, 0) is 42.8 Å². The van der Waals surface area contributed by atoms with Crippen LogP contribution in [0.4, 0.5) is 26.3 Å². The SMILES string of the molecule is O=C(NC(Cn1c(-c2ccc(Cl)cc2)nn(Cc2ncn(-c3ncccc3Cl)n2)c1=O)C(F)(F)F)[C@@H]1C[C@H](C(F)(F)F)CN1. The summed E-state index contributed by atoms with van der Waals surface area (Å²) in [4.78, 5) is 34.3. The third-order valence-corrected chi connectivity index (χ3v) is 7.35. The Morgan fingerprint density at radius 1 is 1.07 bits per heavy atom. The zero-order valence-electron chi connectivity index (χ0n) is 22.1. The van der Waals surface area contributed by atoms with E-state index in [-0.39, 0.29) is 34.6 Å². The average molecular weight is 664 g/mol. The van der Waals surface area contributed by atoms with Gasteiger partial charge in [-0.2, -0.15) is 26.3 Å². The number of hydrogen-bond donors (Lipinski definition) is 2. The van der Waals surface area contributed by atoms with Gasteiger partial charge < -0.3 is 10.6 Å². The summed E-state index contributed by atoms with van der Waals surface area (Å²) in [6, 6.07) is 4.77. The van der Waals surface area contributed by atoms with Crippen LogP contribution in [0.15, 0.2) is 53.7 Å². The summed E-state index contributed by atoms with van der Waals surface area (Å²) in [5, 5.41) is 13.1. The normalized spacial score (nSPS) is 18.0. The van der Waals surface area contributed by atoms with Crippen LogP contribution in [0.1, 0.15) is 12.2 Å². The number of aromatic nitrogens is 7. The van der Waals surface area contributed by atoms with Crippen molar-refractivity contribution >= 4 is 29.1 Å². The van der Waals surface area contributed by atoms with E-state index in [2.05, 4.69) is 25.5 Å². The summed E-state index contributed by atoms with van der Waals surface area (Å²) in [6.45, 7) is -2.10. The highest BCUT2D eigenvalue weighted by atomic mass is 35.5. The summed E-state index contributed by atoms with van der Waals surface area (Å²) in [6.07, 6.45) is -7.67. The van der Waals surface area contributed by atoms with Gasteiger partial charge in [-0.1, -0.05) is 23.2 Å². The topological polar surface area (TPSA) is 125 Å². The van der Waals surface area contributed by atoms with Gasteiger partial charge in [0.2, 0.25) is 5.91 Å². The van der Waals surface area contributed by atoms with E-state index >= 15 is 0 Å². The van der Waals surface area contributed by atoms with Crippen molar-refractivity contribution in [3.8, 4) is 17.2 Å². The van der Waals surface area contributed by atoms with Gasteiger partial charge in [-0.15, -0.1) is 10.2 Å². The second-order valence-corrected chi connectivity index (χ2v) is 10.7. The molecule has 4 aromatic rings. The molecule has 0 radical (unpaired) electrons. The first-order valence-electron chi connectivity index (χ1n) is 12.8. The van der Waals surface area contributed by atoms with E-state index in [0.29, 0.717) is 9.59 Å². The van der Waals surface area contributed by atoms with Gasteiger partial charge >= 0.3 is 18.0 Å². The molecule has 1 aliphatic heterocycles. The number of rotatable bonds is 8. The van der Waals surface area contributed by atoms with Gasteiger partial charge in [0, 0.05) is 23.3 Å². The standard InChI is InChI=1S/C25H21Cl2F6N9O2/c26-15-5-3-13(4-6-15)20-39-41(11-19-36-12-42(38-19)21-16(27)2-1-7-34-21)23(44)40(20)10-18(25(31,32)33)37-22(43)17-8-14(9-35-17)24(28,29)30/h1-7,12,14,17-18,35H,8-11H2,(H,37,43)/t14-,17-,18?/m0/s1. The molecule has 3 atom stereocenters. The molecule has 0 spiro atoms. The number of alkyl halides is 6. The predicted octanol–water partition coefficient (Wildman–Crippen LogP) is 3.63. The van der Waals surface area contributed by atoms with E-state index in [0.717, 1.165) is 4.68 Å². The van der Waals surface area contributed by atoms with Crippen LogP contribution in [0, 0.1) is 5.92 Å². The van der Waals surface area contributed by atoms with Crippen molar-refractivity contribution in [1.29, 1.82) is 0 Å². The molecular formula is C25H21Cl2F6N9O2. The van der Waals surface area contributed by atoms with Gasteiger partial charge in [0.1, 0.15) is 18.9 Å². The van der Waals surface area contributed by atoms with Gasteiger partial charge in [0.05, 0.1) is 23.5 Å². The first-order valence-corrected chi connectivity index (χ1v) is 13.6. The zero-order chi connectivity index (χ0) is 31.8. The fraction of sp³-hybridized carbons (Fsp3) is 0.360. The molecule has 0 bridgehead atoms. The highest BCUT2D eigenvalue weighted by Crippen LogP contribution is 2.33.